The van der Waals surface area contributed by atoms with Crippen LogP contribution in [0.3, 0.4) is 0 Å². The predicted octanol–water partition coefficient (Wildman–Crippen LogP) is 1.14. The number of carbonyl (C=O) groups excluding carboxylic acids is 1. The highest BCUT2D eigenvalue weighted by Gasteiger charge is 2.57. The van der Waals surface area contributed by atoms with Gasteiger partial charge in [0.25, 0.3) is 16.2 Å². The van der Waals surface area contributed by atoms with E-state index in [9.17, 15) is 18.3 Å². The third kappa shape index (κ3) is 4.31. The van der Waals surface area contributed by atoms with Crippen LogP contribution in [-0.4, -0.2) is 56.1 Å². The third-order valence-corrected chi connectivity index (χ3v) is 5.29. The molecule has 140 valence electrons. The highest BCUT2D eigenvalue weighted by molar-refractivity contribution is 7.86. The zero-order valence-electron chi connectivity index (χ0n) is 15.0. The van der Waals surface area contributed by atoms with E-state index in [0.717, 1.165) is 6.26 Å². The number of amides is 1. The number of carboxylic acid groups (broad SMARTS) is 1. The fourth-order valence-corrected chi connectivity index (χ4v) is 4.20. The molecular formula is C17H25NO6S. The summed E-state index contributed by atoms with van der Waals surface area (Å²) in [5, 5.41) is 12.1. The normalized spacial score (nSPS) is 27.2. The van der Waals surface area contributed by atoms with Crippen LogP contribution < -0.4 is 9.84 Å². The van der Waals surface area contributed by atoms with Crippen molar-refractivity contribution in [3.63, 3.8) is 0 Å². The molecule has 0 aromatic heterocycles. The lowest BCUT2D eigenvalue weighted by atomic mass is 10.00. The van der Waals surface area contributed by atoms with E-state index in [2.05, 4.69) is 0 Å². The van der Waals surface area contributed by atoms with Crippen molar-refractivity contribution >= 4 is 16.2 Å². The molecule has 1 saturated heterocycles. The van der Waals surface area contributed by atoms with E-state index in [4.69, 9.17) is 8.92 Å². The summed E-state index contributed by atoms with van der Waals surface area (Å²) in [6.07, 6.45) is -0.762. The summed E-state index contributed by atoms with van der Waals surface area (Å²) in [5.74, 6) is 0.625. The number of nitrogens with zero attached hydrogens (tertiary/aromatic N) is 1. The summed E-state index contributed by atoms with van der Waals surface area (Å²) >= 11 is 0. The second-order valence-electron chi connectivity index (χ2n) is 7.42. The van der Waals surface area contributed by atoms with E-state index >= 15 is 0 Å². The van der Waals surface area contributed by atoms with Crippen LogP contribution in [0, 0.1) is 0 Å². The maximum atomic E-state index is 12.1. The van der Waals surface area contributed by atoms with Gasteiger partial charge in [-0.2, -0.15) is 8.42 Å². The molecule has 1 aromatic carbocycles. The van der Waals surface area contributed by atoms with Gasteiger partial charge in [-0.1, -0.05) is 18.2 Å². The van der Waals surface area contributed by atoms with Gasteiger partial charge in [-0.15, -0.1) is 0 Å². The van der Waals surface area contributed by atoms with E-state index in [-0.39, 0.29) is 19.6 Å². The maximum absolute atomic E-state index is 12.1. The minimum absolute atomic E-state index is 0.0156. The quantitative estimate of drug-likeness (QED) is 0.569. The van der Waals surface area contributed by atoms with Crippen molar-refractivity contribution in [2.24, 2.45) is 0 Å². The van der Waals surface area contributed by atoms with Crippen molar-refractivity contribution < 1.29 is 31.7 Å². The Balaban J connectivity index is 2.29. The molecule has 1 heterocycles. The fraction of sp³-hybridized carbons (Fsp3) is 0.588. The Labute approximate surface area is 148 Å². The van der Waals surface area contributed by atoms with Crippen LogP contribution in [0.5, 0.6) is 5.75 Å². The number of hydrogen-bond donors (Lipinski definition) is 0. The first kappa shape index (κ1) is 19.7. The molecule has 1 aromatic rings. The van der Waals surface area contributed by atoms with Gasteiger partial charge in [-0.05, 0) is 32.9 Å². The van der Waals surface area contributed by atoms with Crippen LogP contribution in [0.2, 0.25) is 0 Å². The number of benzene rings is 1. The Morgan fingerprint density at radius 2 is 1.88 bits per heavy atom. The van der Waals surface area contributed by atoms with Crippen LogP contribution in [0.15, 0.2) is 30.3 Å². The number of likely N-dealkylation sites (tertiary alicyclic amines) is 1. The van der Waals surface area contributed by atoms with Crippen molar-refractivity contribution in [1.82, 2.24) is 0 Å². The molecule has 1 aliphatic heterocycles. The monoisotopic (exact) mass is 371 g/mol. The minimum atomic E-state index is -3.68. The average molecular weight is 371 g/mol. The summed E-state index contributed by atoms with van der Waals surface area (Å²) < 4.78 is 33.4. The molecule has 0 saturated carbocycles. The summed E-state index contributed by atoms with van der Waals surface area (Å²) in [7, 11) is -3.68. The van der Waals surface area contributed by atoms with Gasteiger partial charge in [0.1, 0.15) is 31.0 Å². The lowest BCUT2D eigenvalue weighted by Crippen LogP contribution is -2.71. The Hall–Kier alpha value is -1.64. The smallest absolute Gasteiger partial charge is 0.264 e. The topological polar surface area (TPSA) is 92.7 Å². The van der Waals surface area contributed by atoms with Crippen LogP contribution in [0.4, 0.5) is 4.79 Å². The average Bonchev–Trinajstić information content (AvgIpc) is 2.83. The van der Waals surface area contributed by atoms with Crippen molar-refractivity contribution in [2.75, 3.05) is 19.4 Å². The Kier molecular flexibility index (Phi) is 5.46. The molecule has 8 heteroatoms. The van der Waals surface area contributed by atoms with Crippen LogP contribution in [0.25, 0.3) is 0 Å². The van der Waals surface area contributed by atoms with Gasteiger partial charge in [0, 0.05) is 6.42 Å². The molecule has 1 unspecified atom stereocenters. The van der Waals surface area contributed by atoms with Gasteiger partial charge in [0.15, 0.2) is 0 Å². The highest BCUT2D eigenvalue weighted by Crippen LogP contribution is 2.38. The van der Waals surface area contributed by atoms with Crippen LogP contribution >= 0.6 is 0 Å². The van der Waals surface area contributed by atoms with E-state index in [1.165, 1.54) is 0 Å². The van der Waals surface area contributed by atoms with Gasteiger partial charge in [-0.25, -0.2) is 0 Å². The van der Waals surface area contributed by atoms with Crippen molar-refractivity contribution in [3.8, 4) is 5.75 Å². The molecule has 0 radical (unpaired) electrons. The number of para-hydroxylation sites is 1. The van der Waals surface area contributed by atoms with Gasteiger partial charge < -0.3 is 14.6 Å². The SMILES string of the molecule is CC(C)(C)[N+]1(C(=O)[O-])C[C@@H](OS(C)(=O)=O)C[C@@H]1COc1ccccc1. The Morgan fingerprint density at radius 3 is 2.36 bits per heavy atom. The molecule has 2 rings (SSSR count). The molecule has 0 N–H and O–H groups in total. The lowest BCUT2D eigenvalue weighted by Gasteiger charge is -2.48. The zero-order valence-corrected chi connectivity index (χ0v) is 15.8. The molecule has 3 atom stereocenters. The molecule has 1 aliphatic rings. The molecule has 0 bridgehead atoms. The zero-order chi connectivity index (χ0) is 18.9. The standard InChI is InChI=1S/C17H25NO6S/c1-17(2,3)18(16(19)20)11-15(24-25(4,21)22)10-13(18)12-23-14-8-6-5-7-9-14/h5-9,13,15H,10-12H2,1-4H3/t13-,15+,18?/m1/s1. The van der Waals surface area contributed by atoms with Crippen LogP contribution in [-0.2, 0) is 14.3 Å². The van der Waals surface area contributed by atoms with Crippen molar-refractivity contribution in [3.05, 3.63) is 30.3 Å². The van der Waals surface area contributed by atoms with Crippen molar-refractivity contribution in [1.29, 1.82) is 0 Å². The maximum Gasteiger partial charge on any atom is 0.264 e. The first-order chi connectivity index (χ1) is 11.5. The third-order valence-electron chi connectivity index (χ3n) is 4.67. The Morgan fingerprint density at radius 1 is 1.28 bits per heavy atom. The minimum Gasteiger partial charge on any atom is -0.498 e. The summed E-state index contributed by atoms with van der Waals surface area (Å²) in [5.41, 5.74) is -0.709. The number of rotatable bonds is 5. The summed E-state index contributed by atoms with van der Waals surface area (Å²) in [4.78, 5) is 12.1. The van der Waals surface area contributed by atoms with E-state index in [1.54, 1.807) is 32.9 Å². The highest BCUT2D eigenvalue weighted by atomic mass is 32.2. The molecule has 25 heavy (non-hydrogen) atoms. The first-order valence-corrected chi connectivity index (χ1v) is 9.93. The molecule has 7 nitrogen and oxygen atoms in total. The van der Waals surface area contributed by atoms with E-state index < -0.39 is 38.4 Å². The number of hydrogen-bond acceptors (Lipinski definition) is 6. The number of carbonyl (C=O) groups is 1. The van der Waals surface area contributed by atoms with E-state index in [0.29, 0.717) is 5.75 Å². The largest absolute Gasteiger partial charge is 0.498 e. The molecule has 1 amide bonds. The Bertz CT molecular complexity index is 712. The van der Waals surface area contributed by atoms with Gasteiger partial charge in [0.05, 0.1) is 11.8 Å². The van der Waals surface area contributed by atoms with Gasteiger partial charge in [0.2, 0.25) is 0 Å². The van der Waals surface area contributed by atoms with Crippen molar-refractivity contribution in [2.45, 2.75) is 44.9 Å². The predicted molar refractivity (Wildman–Crippen MR) is 90.3 cm³/mol. The summed E-state index contributed by atoms with van der Waals surface area (Å²) in [6, 6.07) is 8.58. The molecule has 0 spiro atoms. The van der Waals surface area contributed by atoms with Gasteiger partial charge >= 0.3 is 0 Å². The van der Waals surface area contributed by atoms with Crippen LogP contribution in [0.1, 0.15) is 27.2 Å². The molecule has 1 fully saturated rings. The lowest BCUT2D eigenvalue weighted by molar-refractivity contribution is -0.931. The van der Waals surface area contributed by atoms with Gasteiger partial charge in [-0.3, -0.25) is 8.67 Å². The first-order valence-electron chi connectivity index (χ1n) is 8.11. The molecule has 0 aliphatic carbocycles. The molecular weight excluding hydrogens is 346 g/mol. The fourth-order valence-electron chi connectivity index (χ4n) is 3.57. The second-order valence-corrected chi connectivity index (χ2v) is 9.02. The number of quaternary nitrogens is 1. The summed E-state index contributed by atoms with van der Waals surface area (Å²) in [6.45, 7) is 5.52. The number of ether oxygens (including phenoxy) is 1. The van der Waals surface area contributed by atoms with E-state index in [1.807, 2.05) is 18.2 Å². The second kappa shape index (κ2) is 6.93.